The van der Waals surface area contributed by atoms with Crippen LogP contribution >= 0.6 is 0 Å². The van der Waals surface area contributed by atoms with E-state index < -0.39 is 45.7 Å². The zero-order valence-corrected chi connectivity index (χ0v) is 26.2. The van der Waals surface area contributed by atoms with E-state index in [9.17, 15) is 9.59 Å². The molecule has 192 valence electrons. The Balaban J connectivity index is 3.21. The van der Waals surface area contributed by atoms with Crippen LogP contribution in [0.25, 0.3) is 0 Å². The Hall–Kier alpha value is -0.572. The van der Waals surface area contributed by atoms with Crippen LogP contribution in [0.5, 0.6) is 0 Å². The minimum Gasteiger partial charge on any atom is -0.478 e. The molecule has 11 heteroatoms. The summed E-state index contributed by atoms with van der Waals surface area (Å²) in [5.74, 6) is -1.51. The largest absolute Gasteiger partial charge is 0.478 e. The van der Waals surface area contributed by atoms with Gasteiger partial charge in [0.2, 0.25) is 0 Å². The van der Waals surface area contributed by atoms with Crippen molar-refractivity contribution >= 4 is 45.7 Å². The van der Waals surface area contributed by atoms with Crippen LogP contribution in [-0.2, 0) is 26.7 Å². The number of ether oxygens (including phenoxy) is 1. The molecule has 1 aliphatic carbocycles. The molecule has 0 aromatic heterocycles. The summed E-state index contributed by atoms with van der Waals surface area (Å²) < 4.78 is 26.1. The first-order valence-electron chi connectivity index (χ1n) is 12.1. The molecule has 0 radical (unpaired) electrons. The first-order valence-corrected chi connectivity index (χ1v) is 24.3. The van der Waals surface area contributed by atoms with Crippen molar-refractivity contribution in [1.29, 1.82) is 0 Å². The second-order valence-corrected chi connectivity index (χ2v) is 28.9. The predicted molar refractivity (Wildman–Crippen MR) is 142 cm³/mol. The maximum atomic E-state index is 12.4. The van der Waals surface area contributed by atoms with Gasteiger partial charge in [-0.05, 0) is 84.1 Å². The van der Waals surface area contributed by atoms with E-state index in [2.05, 4.69) is 58.9 Å². The Bertz CT molecular complexity index is 631. The van der Waals surface area contributed by atoms with E-state index in [0.717, 1.165) is 37.8 Å². The number of esters is 1. The van der Waals surface area contributed by atoms with Crippen LogP contribution in [-0.4, -0.2) is 56.9 Å². The molecule has 1 unspecified atom stereocenters. The molecule has 0 bridgehead atoms. The minimum absolute atomic E-state index is 0.262. The summed E-state index contributed by atoms with van der Waals surface area (Å²) in [5, 5.41) is 8.85. The summed E-state index contributed by atoms with van der Waals surface area (Å²) >= 11 is 0. The fourth-order valence-corrected chi connectivity index (χ4v) is 18.8. The van der Waals surface area contributed by atoms with E-state index >= 15 is 0 Å². The number of carbonyl (C=O) groups is 2. The van der Waals surface area contributed by atoms with Gasteiger partial charge < -0.3 is 22.2 Å². The molecule has 1 aliphatic rings. The zero-order valence-electron chi connectivity index (χ0n) is 22.2. The van der Waals surface area contributed by atoms with Gasteiger partial charge in [0.1, 0.15) is 6.10 Å². The molecule has 1 saturated carbocycles. The van der Waals surface area contributed by atoms with Gasteiger partial charge in [0, 0.05) is 18.2 Å². The average molecular weight is 535 g/mol. The van der Waals surface area contributed by atoms with Gasteiger partial charge in [-0.2, -0.15) is 0 Å². The number of aliphatic carboxylic acids is 1. The van der Waals surface area contributed by atoms with Crippen molar-refractivity contribution in [1.82, 2.24) is 0 Å². The first kappa shape index (κ1) is 30.5. The molecule has 7 nitrogen and oxygen atoms in total. The molecule has 33 heavy (non-hydrogen) atoms. The summed E-state index contributed by atoms with van der Waals surface area (Å²) in [6.45, 7) is 19.4. The van der Waals surface area contributed by atoms with Crippen LogP contribution in [0.1, 0.15) is 38.5 Å². The molecule has 0 aliphatic heterocycles. The van der Waals surface area contributed by atoms with Crippen molar-refractivity contribution in [3.05, 3.63) is 12.2 Å². The standard InChI is InChI=1S/C22H46O7Si4/c1-30(2,3)27-33(28-31(4,5)6,29-32(7,8)9)18-17-20(19-13-11-10-12-14-19)26-22(25)16-15-21(23)24/h15-16,19-20H,10-14,17-18H2,1-9H3,(H,23,24). The molecule has 0 aromatic carbocycles. The van der Waals surface area contributed by atoms with Gasteiger partial charge in [-0.25, -0.2) is 9.59 Å². The number of hydrogen-bond donors (Lipinski definition) is 1. The van der Waals surface area contributed by atoms with E-state index in [1.165, 1.54) is 6.42 Å². The number of rotatable bonds is 13. The van der Waals surface area contributed by atoms with E-state index in [-0.39, 0.29) is 12.0 Å². The molecule has 0 spiro atoms. The molecule has 1 N–H and O–H groups in total. The summed E-state index contributed by atoms with van der Waals surface area (Å²) in [4.78, 5) is 23.2. The van der Waals surface area contributed by atoms with Crippen molar-refractivity contribution in [2.75, 3.05) is 0 Å². The van der Waals surface area contributed by atoms with Crippen LogP contribution in [0, 0.1) is 5.92 Å². The maximum absolute atomic E-state index is 12.4. The molecule has 0 amide bonds. The van der Waals surface area contributed by atoms with Crippen molar-refractivity contribution in [2.24, 2.45) is 5.92 Å². The molecule has 1 fully saturated rings. The third kappa shape index (κ3) is 13.8. The molecule has 1 rings (SSSR count). The number of carboxylic acid groups (broad SMARTS) is 1. The monoisotopic (exact) mass is 534 g/mol. The molecular weight excluding hydrogens is 489 g/mol. The van der Waals surface area contributed by atoms with Crippen molar-refractivity contribution in [2.45, 2.75) is 110 Å². The third-order valence-electron chi connectivity index (χ3n) is 4.93. The molecular formula is C22H46O7Si4. The van der Waals surface area contributed by atoms with Gasteiger partial charge in [0.05, 0.1) is 0 Å². The van der Waals surface area contributed by atoms with Gasteiger partial charge in [-0.15, -0.1) is 0 Å². The maximum Gasteiger partial charge on any atom is 0.469 e. The Kier molecular flexibility index (Phi) is 11.5. The Morgan fingerprint density at radius 1 is 0.818 bits per heavy atom. The summed E-state index contributed by atoms with van der Waals surface area (Å²) in [7, 11) is -9.00. The van der Waals surface area contributed by atoms with Crippen LogP contribution < -0.4 is 0 Å². The number of carbonyl (C=O) groups excluding carboxylic acids is 1. The molecule has 1 atom stereocenters. The van der Waals surface area contributed by atoms with Gasteiger partial charge in [-0.3, -0.25) is 0 Å². The van der Waals surface area contributed by atoms with E-state index in [1.54, 1.807) is 0 Å². The Morgan fingerprint density at radius 3 is 1.67 bits per heavy atom. The lowest BCUT2D eigenvalue weighted by atomic mass is 9.84. The van der Waals surface area contributed by atoms with E-state index in [4.69, 9.17) is 22.2 Å². The lowest BCUT2D eigenvalue weighted by molar-refractivity contribution is -0.147. The van der Waals surface area contributed by atoms with Gasteiger partial charge in [-0.1, -0.05) is 19.3 Å². The van der Waals surface area contributed by atoms with Gasteiger partial charge >= 0.3 is 20.7 Å². The SMILES string of the molecule is C[Si](C)(C)O[Si](CCC(OC(=O)C=CC(=O)O)C1CCCCC1)(O[Si](C)(C)C)O[Si](C)(C)C. The van der Waals surface area contributed by atoms with Crippen molar-refractivity contribution in [3.8, 4) is 0 Å². The lowest BCUT2D eigenvalue weighted by Crippen LogP contribution is -2.60. The predicted octanol–water partition coefficient (Wildman–Crippen LogP) is 6.00. The minimum atomic E-state index is -3.03. The number of hydrogen-bond acceptors (Lipinski definition) is 6. The Labute approximate surface area is 205 Å². The van der Waals surface area contributed by atoms with Gasteiger partial charge in [0.15, 0.2) is 25.0 Å². The van der Waals surface area contributed by atoms with Crippen LogP contribution in [0.15, 0.2) is 12.2 Å². The van der Waals surface area contributed by atoms with Crippen LogP contribution in [0.2, 0.25) is 65.0 Å². The Morgan fingerprint density at radius 2 is 1.27 bits per heavy atom. The smallest absolute Gasteiger partial charge is 0.469 e. The highest BCUT2D eigenvalue weighted by atomic mass is 28.5. The highest BCUT2D eigenvalue weighted by Gasteiger charge is 2.50. The summed E-state index contributed by atoms with van der Waals surface area (Å²) in [6.07, 6.45) is 7.58. The van der Waals surface area contributed by atoms with Crippen molar-refractivity contribution < 1.29 is 31.8 Å². The highest BCUT2D eigenvalue weighted by molar-refractivity contribution is 6.90. The zero-order chi connectivity index (χ0) is 25.5. The highest BCUT2D eigenvalue weighted by Crippen LogP contribution is 2.35. The summed E-state index contributed by atoms with van der Waals surface area (Å²) in [5.41, 5.74) is 0. The number of carboxylic acids is 1. The van der Waals surface area contributed by atoms with Crippen LogP contribution in [0.4, 0.5) is 0 Å². The lowest BCUT2D eigenvalue weighted by Gasteiger charge is -2.43. The van der Waals surface area contributed by atoms with Crippen LogP contribution in [0.3, 0.4) is 0 Å². The second-order valence-electron chi connectivity index (χ2n) is 11.9. The van der Waals surface area contributed by atoms with Gasteiger partial charge in [0.25, 0.3) is 0 Å². The van der Waals surface area contributed by atoms with E-state index in [1.807, 2.05) is 0 Å². The fourth-order valence-electron chi connectivity index (χ4n) is 4.16. The average Bonchev–Trinajstić information content (AvgIpc) is 2.59. The molecule has 0 saturated heterocycles. The molecule has 0 aromatic rings. The quantitative estimate of drug-likeness (QED) is 0.176. The van der Waals surface area contributed by atoms with E-state index in [0.29, 0.717) is 12.5 Å². The van der Waals surface area contributed by atoms with Crippen molar-refractivity contribution in [3.63, 3.8) is 0 Å². The normalized spacial score (nSPS) is 17.8. The summed E-state index contributed by atoms with van der Waals surface area (Å²) in [6, 6.07) is 0.600. The fraction of sp³-hybridized carbons (Fsp3) is 0.818. The first-order chi connectivity index (χ1) is 14.9. The third-order valence-corrected chi connectivity index (χ3v) is 16.9. The molecule has 0 heterocycles. The second kappa shape index (κ2) is 12.4. The topological polar surface area (TPSA) is 91.3 Å².